The summed E-state index contributed by atoms with van der Waals surface area (Å²) in [5, 5.41) is 16.9. The molecule has 0 aromatic heterocycles. The maximum Gasteiger partial charge on any atom is 0.490 e. The Hall–Kier alpha value is -4.06. The van der Waals surface area contributed by atoms with E-state index in [0.29, 0.717) is 18.8 Å². The van der Waals surface area contributed by atoms with Gasteiger partial charge in [0.25, 0.3) is 10.0 Å². The SMILES string of the molecule is CCN(Cc1ccccc1)c1ccc(NS(=O)(=O)c2cccc(C)c2)cc1C(=O)O.O=C(O)C(F)(F)F. The highest BCUT2D eigenvalue weighted by Gasteiger charge is 2.38. The fourth-order valence-corrected chi connectivity index (χ4v) is 4.37. The third-order valence-electron chi connectivity index (χ3n) is 4.96. The number of hydrogen-bond acceptors (Lipinski definition) is 5. The minimum Gasteiger partial charge on any atom is -0.478 e. The summed E-state index contributed by atoms with van der Waals surface area (Å²) in [6.07, 6.45) is -5.08. The van der Waals surface area contributed by atoms with E-state index in [1.165, 1.54) is 12.1 Å². The molecule has 0 aliphatic carbocycles. The quantitative estimate of drug-likeness (QED) is 0.362. The average Bonchev–Trinajstić information content (AvgIpc) is 2.83. The number of carboxylic acids is 2. The third kappa shape index (κ3) is 8.53. The van der Waals surface area contributed by atoms with Crippen LogP contribution in [0, 0.1) is 6.92 Å². The molecular formula is C25H25F3N2O6S. The van der Waals surface area contributed by atoms with Crippen LogP contribution in [0.4, 0.5) is 24.5 Å². The van der Waals surface area contributed by atoms with Crippen molar-refractivity contribution in [3.05, 3.63) is 89.5 Å². The van der Waals surface area contributed by atoms with Gasteiger partial charge in [-0.3, -0.25) is 4.72 Å². The molecule has 0 amide bonds. The summed E-state index contributed by atoms with van der Waals surface area (Å²) in [5.74, 6) is -3.87. The number of anilines is 2. The zero-order valence-electron chi connectivity index (χ0n) is 19.9. The lowest BCUT2D eigenvalue weighted by Gasteiger charge is -2.25. The molecule has 0 radical (unpaired) electrons. The molecule has 0 aliphatic rings. The molecule has 3 rings (SSSR count). The number of benzene rings is 3. The molecule has 0 saturated heterocycles. The average molecular weight is 539 g/mol. The molecule has 0 aliphatic heterocycles. The number of nitrogens with one attached hydrogen (secondary N) is 1. The van der Waals surface area contributed by atoms with Crippen molar-refractivity contribution in [1.82, 2.24) is 0 Å². The maximum absolute atomic E-state index is 12.7. The molecule has 0 bridgehead atoms. The van der Waals surface area contributed by atoms with E-state index in [2.05, 4.69) is 4.72 Å². The van der Waals surface area contributed by atoms with Gasteiger partial charge in [-0.1, -0.05) is 42.5 Å². The number of carbonyl (C=O) groups is 2. The van der Waals surface area contributed by atoms with Crippen LogP contribution in [-0.2, 0) is 21.4 Å². The number of aromatic carboxylic acids is 1. The largest absolute Gasteiger partial charge is 0.490 e. The Balaban J connectivity index is 0.000000604. The number of carboxylic acid groups (broad SMARTS) is 2. The normalized spacial score (nSPS) is 11.2. The molecule has 0 heterocycles. The van der Waals surface area contributed by atoms with E-state index < -0.39 is 28.1 Å². The minimum absolute atomic E-state index is 0.0391. The Labute approximate surface area is 212 Å². The molecule has 0 fully saturated rings. The monoisotopic (exact) mass is 538 g/mol. The number of aliphatic carboxylic acids is 1. The molecule has 3 aromatic rings. The van der Waals surface area contributed by atoms with Crippen LogP contribution in [0.1, 0.15) is 28.4 Å². The Kier molecular flexibility index (Phi) is 9.67. The smallest absolute Gasteiger partial charge is 0.478 e. The summed E-state index contributed by atoms with van der Waals surface area (Å²) >= 11 is 0. The fraction of sp³-hybridized carbons (Fsp3) is 0.200. The lowest BCUT2D eigenvalue weighted by molar-refractivity contribution is -0.192. The minimum atomic E-state index is -5.08. The van der Waals surface area contributed by atoms with Crippen LogP contribution in [-0.4, -0.2) is 43.3 Å². The van der Waals surface area contributed by atoms with E-state index in [1.807, 2.05) is 55.1 Å². The summed E-state index contributed by atoms with van der Waals surface area (Å²) in [5.41, 5.74) is 2.65. The number of aryl methyl sites for hydroxylation is 1. The van der Waals surface area contributed by atoms with Gasteiger partial charge in [-0.05, 0) is 55.3 Å². The molecule has 0 unspecified atom stereocenters. The molecule has 198 valence electrons. The second kappa shape index (κ2) is 12.3. The van der Waals surface area contributed by atoms with Gasteiger partial charge in [0.05, 0.1) is 16.1 Å². The van der Waals surface area contributed by atoms with Crippen molar-refractivity contribution in [2.24, 2.45) is 0 Å². The maximum atomic E-state index is 12.7. The predicted octanol–water partition coefficient (Wildman–Crippen LogP) is 5.15. The lowest BCUT2D eigenvalue weighted by atomic mass is 10.1. The van der Waals surface area contributed by atoms with Crippen LogP contribution < -0.4 is 9.62 Å². The first-order valence-corrected chi connectivity index (χ1v) is 12.3. The van der Waals surface area contributed by atoms with Crippen molar-refractivity contribution in [2.75, 3.05) is 16.2 Å². The van der Waals surface area contributed by atoms with Gasteiger partial charge in [-0.15, -0.1) is 0 Å². The standard InChI is InChI=1S/C23H24N2O4S.C2HF3O2/c1-3-25(16-18-9-5-4-6-10-18)22-13-12-19(15-21(22)23(26)27)24-30(28,29)20-11-7-8-17(2)14-20;3-2(4,5)1(6)7/h4-15,24H,3,16H2,1-2H3,(H,26,27);(H,6,7). The van der Waals surface area contributed by atoms with E-state index in [-0.39, 0.29) is 16.1 Å². The Morgan fingerprint density at radius 2 is 1.57 bits per heavy atom. The second-order valence-electron chi connectivity index (χ2n) is 7.76. The van der Waals surface area contributed by atoms with Crippen LogP contribution in [0.25, 0.3) is 0 Å². The summed E-state index contributed by atoms with van der Waals surface area (Å²) in [7, 11) is -3.82. The summed E-state index contributed by atoms with van der Waals surface area (Å²) in [6.45, 7) is 4.90. The summed E-state index contributed by atoms with van der Waals surface area (Å²) in [6, 6.07) is 20.9. The van der Waals surface area contributed by atoms with Crippen molar-refractivity contribution in [2.45, 2.75) is 31.5 Å². The van der Waals surface area contributed by atoms with Gasteiger partial charge in [0.1, 0.15) is 0 Å². The van der Waals surface area contributed by atoms with Crippen LogP contribution in [0.5, 0.6) is 0 Å². The van der Waals surface area contributed by atoms with E-state index in [9.17, 15) is 31.5 Å². The van der Waals surface area contributed by atoms with Crippen LogP contribution in [0.2, 0.25) is 0 Å². The van der Waals surface area contributed by atoms with E-state index in [0.717, 1.165) is 11.1 Å². The summed E-state index contributed by atoms with van der Waals surface area (Å²) < 4.78 is 59.6. The third-order valence-corrected chi connectivity index (χ3v) is 6.34. The van der Waals surface area contributed by atoms with Gasteiger partial charge < -0.3 is 15.1 Å². The zero-order chi connectivity index (χ0) is 27.8. The number of nitrogens with zero attached hydrogens (tertiary/aromatic N) is 1. The molecule has 12 heteroatoms. The molecule has 3 N–H and O–H groups in total. The highest BCUT2D eigenvalue weighted by atomic mass is 32.2. The van der Waals surface area contributed by atoms with Crippen LogP contribution in [0.3, 0.4) is 0 Å². The number of hydrogen-bond donors (Lipinski definition) is 3. The van der Waals surface area contributed by atoms with Gasteiger partial charge in [-0.2, -0.15) is 13.2 Å². The molecular weight excluding hydrogens is 513 g/mol. The van der Waals surface area contributed by atoms with Crippen LogP contribution in [0.15, 0.2) is 77.7 Å². The number of halogens is 3. The molecule has 0 spiro atoms. The van der Waals surface area contributed by atoms with Gasteiger partial charge in [-0.25, -0.2) is 18.0 Å². The Morgan fingerprint density at radius 1 is 0.946 bits per heavy atom. The first-order valence-electron chi connectivity index (χ1n) is 10.8. The van der Waals surface area contributed by atoms with Crippen LogP contribution >= 0.6 is 0 Å². The molecule has 3 aromatic carbocycles. The van der Waals surface area contributed by atoms with Crippen molar-refractivity contribution in [3.8, 4) is 0 Å². The van der Waals surface area contributed by atoms with Crippen molar-refractivity contribution >= 4 is 33.3 Å². The molecule has 0 atom stereocenters. The first kappa shape index (κ1) is 29.2. The number of sulfonamides is 1. The zero-order valence-corrected chi connectivity index (χ0v) is 20.7. The Bertz CT molecular complexity index is 1350. The van der Waals surface area contributed by atoms with E-state index in [1.54, 1.807) is 24.3 Å². The summed E-state index contributed by atoms with van der Waals surface area (Å²) in [4.78, 5) is 22.9. The lowest BCUT2D eigenvalue weighted by Crippen LogP contribution is -2.24. The van der Waals surface area contributed by atoms with Gasteiger partial charge in [0, 0.05) is 18.8 Å². The number of rotatable bonds is 8. The number of alkyl halides is 3. The predicted molar refractivity (Wildman–Crippen MR) is 132 cm³/mol. The van der Waals surface area contributed by atoms with Gasteiger partial charge in [0.2, 0.25) is 0 Å². The first-order chi connectivity index (χ1) is 17.2. The fourth-order valence-electron chi connectivity index (χ4n) is 3.21. The highest BCUT2D eigenvalue weighted by Crippen LogP contribution is 2.27. The van der Waals surface area contributed by atoms with E-state index >= 15 is 0 Å². The van der Waals surface area contributed by atoms with E-state index in [4.69, 9.17) is 9.90 Å². The topological polar surface area (TPSA) is 124 Å². The molecule has 8 nitrogen and oxygen atoms in total. The molecule has 37 heavy (non-hydrogen) atoms. The Morgan fingerprint density at radius 3 is 2.08 bits per heavy atom. The van der Waals surface area contributed by atoms with Crippen molar-refractivity contribution < 1.29 is 41.4 Å². The second-order valence-corrected chi connectivity index (χ2v) is 9.44. The van der Waals surface area contributed by atoms with Gasteiger partial charge >= 0.3 is 18.1 Å². The van der Waals surface area contributed by atoms with Crippen molar-refractivity contribution in [3.63, 3.8) is 0 Å². The molecule has 0 saturated carbocycles. The van der Waals surface area contributed by atoms with Crippen molar-refractivity contribution in [1.29, 1.82) is 0 Å². The highest BCUT2D eigenvalue weighted by molar-refractivity contribution is 7.92. The van der Waals surface area contributed by atoms with Gasteiger partial charge in [0.15, 0.2) is 0 Å².